The number of nitrogens with zero attached hydrogens (tertiary/aromatic N) is 3. The summed E-state index contributed by atoms with van der Waals surface area (Å²) in [4.78, 5) is 31.4. The van der Waals surface area contributed by atoms with Gasteiger partial charge in [-0.25, -0.2) is 4.98 Å². The van der Waals surface area contributed by atoms with Crippen molar-refractivity contribution in [2.24, 2.45) is 11.8 Å². The Morgan fingerprint density at radius 3 is 2.65 bits per heavy atom. The first-order chi connectivity index (χ1) is 10.8. The third-order valence-corrected chi connectivity index (χ3v) is 4.83. The number of ketones is 1. The number of aromatic nitrogens is 2. The lowest BCUT2D eigenvalue weighted by Crippen LogP contribution is -2.32. The molecule has 0 aromatic carbocycles. The van der Waals surface area contributed by atoms with Gasteiger partial charge in [-0.2, -0.15) is 0 Å². The van der Waals surface area contributed by atoms with E-state index in [0.717, 1.165) is 18.8 Å². The van der Waals surface area contributed by atoms with Crippen molar-refractivity contribution in [3.8, 4) is 0 Å². The maximum atomic E-state index is 12.8. The third-order valence-electron chi connectivity index (χ3n) is 4.22. The monoisotopic (exact) mass is 384 g/mol. The van der Waals surface area contributed by atoms with Crippen LogP contribution in [-0.4, -0.2) is 46.8 Å². The zero-order valence-electron chi connectivity index (χ0n) is 14.2. The van der Waals surface area contributed by atoms with Crippen LogP contribution in [0.5, 0.6) is 0 Å². The number of nitrogens with one attached hydrogen (secondary N) is 1. The summed E-state index contributed by atoms with van der Waals surface area (Å²) < 4.78 is 2.74. The van der Waals surface area contributed by atoms with Crippen molar-refractivity contribution in [1.82, 2.24) is 19.8 Å². The van der Waals surface area contributed by atoms with E-state index in [9.17, 15) is 9.59 Å². The van der Waals surface area contributed by atoms with Gasteiger partial charge >= 0.3 is 0 Å². The van der Waals surface area contributed by atoms with Crippen LogP contribution < -0.4 is 5.32 Å². The molecule has 2 rings (SSSR count). The molecule has 0 fully saturated rings. The maximum absolute atomic E-state index is 12.8. The molecule has 1 aromatic rings. The number of carbonyl (C=O) groups excluding carboxylic acids is 2. The van der Waals surface area contributed by atoms with Crippen molar-refractivity contribution in [1.29, 1.82) is 0 Å². The van der Waals surface area contributed by atoms with Crippen LogP contribution in [0.4, 0.5) is 0 Å². The first-order valence-corrected chi connectivity index (χ1v) is 8.81. The summed E-state index contributed by atoms with van der Waals surface area (Å²) in [5, 5.41) is 2.67. The van der Waals surface area contributed by atoms with Gasteiger partial charge in [0.05, 0.1) is 5.69 Å². The molecule has 0 bridgehead atoms. The Labute approximate surface area is 145 Å². The molecule has 1 aliphatic heterocycles. The molecule has 1 aromatic heterocycles. The molecule has 0 saturated heterocycles. The fraction of sp³-hybridized carbons (Fsp3) is 0.688. The number of Topliss-reactive ketones (excluding diaryl/α,β-unsaturated/α-hetero) is 1. The van der Waals surface area contributed by atoms with E-state index < -0.39 is 0 Å². The Bertz CT molecular complexity index is 597. The molecular formula is C16H25BrN4O2. The van der Waals surface area contributed by atoms with Crippen LogP contribution >= 0.6 is 15.9 Å². The Morgan fingerprint density at radius 1 is 1.35 bits per heavy atom. The topological polar surface area (TPSA) is 67.2 Å². The lowest BCUT2D eigenvalue weighted by Gasteiger charge is -2.25. The number of rotatable bonds is 6. The molecule has 6 nitrogen and oxygen atoms in total. The van der Waals surface area contributed by atoms with E-state index in [1.54, 1.807) is 7.05 Å². The fourth-order valence-corrected chi connectivity index (χ4v) is 3.62. The number of imidazole rings is 1. The number of halogens is 1. The first-order valence-electron chi connectivity index (χ1n) is 8.01. The SMILES string of the molecule is CNC(=O)[C@@H](CC(=O)c1nc(Br)n2c1CN(C)CC2)CC(C)C. The molecule has 1 aliphatic rings. The van der Waals surface area contributed by atoms with Crippen molar-refractivity contribution >= 4 is 27.6 Å². The van der Waals surface area contributed by atoms with Gasteiger partial charge < -0.3 is 9.88 Å². The second-order valence-corrected chi connectivity index (χ2v) is 7.34. The minimum atomic E-state index is -0.301. The Morgan fingerprint density at radius 2 is 2.04 bits per heavy atom. The predicted octanol–water partition coefficient (Wildman–Crippen LogP) is 2.07. The summed E-state index contributed by atoms with van der Waals surface area (Å²) in [5.41, 5.74) is 1.44. The predicted molar refractivity (Wildman–Crippen MR) is 92.2 cm³/mol. The van der Waals surface area contributed by atoms with Crippen molar-refractivity contribution < 1.29 is 9.59 Å². The van der Waals surface area contributed by atoms with Gasteiger partial charge in [0.1, 0.15) is 5.69 Å². The van der Waals surface area contributed by atoms with Gasteiger partial charge in [-0.1, -0.05) is 13.8 Å². The molecule has 2 heterocycles. The lowest BCUT2D eigenvalue weighted by molar-refractivity contribution is -0.124. The zero-order valence-corrected chi connectivity index (χ0v) is 15.8. The summed E-state index contributed by atoms with van der Waals surface area (Å²) in [7, 11) is 3.65. The molecule has 0 unspecified atom stereocenters. The van der Waals surface area contributed by atoms with Gasteiger partial charge in [0.15, 0.2) is 10.5 Å². The molecule has 0 aliphatic carbocycles. The second-order valence-electron chi connectivity index (χ2n) is 6.63. The van der Waals surface area contributed by atoms with Gasteiger partial charge in [-0.05, 0) is 35.3 Å². The Hall–Kier alpha value is -1.21. The second kappa shape index (κ2) is 7.57. The van der Waals surface area contributed by atoms with Crippen LogP contribution in [0.2, 0.25) is 0 Å². The van der Waals surface area contributed by atoms with E-state index >= 15 is 0 Å². The van der Waals surface area contributed by atoms with Crippen LogP contribution in [0, 0.1) is 11.8 Å². The molecular weight excluding hydrogens is 360 g/mol. The molecule has 1 atom stereocenters. The Balaban J connectivity index is 2.21. The zero-order chi connectivity index (χ0) is 17.1. The minimum absolute atomic E-state index is 0.0519. The fourth-order valence-electron chi connectivity index (χ4n) is 3.05. The van der Waals surface area contributed by atoms with E-state index in [2.05, 4.69) is 45.0 Å². The molecule has 0 radical (unpaired) electrons. The van der Waals surface area contributed by atoms with E-state index in [-0.39, 0.29) is 24.0 Å². The first kappa shape index (κ1) is 18.1. The van der Waals surface area contributed by atoms with Crippen LogP contribution in [0.3, 0.4) is 0 Å². The third kappa shape index (κ3) is 4.20. The minimum Gasteiger partial charge on any atom is -0.359 e. The highest BCUT2D eigenvalue weighted by Gasteiger charge is 2.29. The number of carbonyl (C=O) groups is 2. The number of likely N-dealkylation sites (N-methyl/N-ethyl adjacent to an activating group) is 1. The van der Waals surface area contributed by atoms with E-state index in [1.807, 2.05) is 11.6 Å². The summed E-state index contributed by atoms with van der Waals surface area (Å²) in [5.74, 6) is -0.0656. The van der Waals surface area contributed by atoms with E-state index in [0.29, 0.717) is 29.3 Å². The van der Waals surface area contributed by atoms with Gasteiger partial charge in [0, 0.05) is 39.0 Å². The van der Waals surface area contributed by atoms with E-state index in [4.69, 9.17) is 0 Å². The molecule has 7 heteroatoms. The normalized spacial score (nSPS) is 16.3. The van der Waals surface area contributed by atoms with E-state index in [1.165, 1.54) is 0 Å². The van der Waals surface area contributed by atoms with Crippen LogP contribution in [0.1, 0.15) is 42.9 Å². The van der Waals surface area contributed by atoms with Crippen molar-refractivity contribution in [3.05, 3.63) is 16.1 Å². The molecule has 0 spiro atoms. The number of hydrogen-bond acceptors (Lipinski definition) is 4. The number of fused-ring (bicyclic) bond motifs is 1. The number of amides is 1. The maximum Gasteiger partial charge on any atom is 0.223 e. The molecule has 23 heavy (non-hydrogen) atoms. The summed E-state index contributed by atoms with van der Waals surface area (Å²) in [6.45, 7) is 6.57. The highest BCUT2D eigenvalue weighted by molar-refractivity contribution is 9.10. The highest BCUT2D eigenvalue weighted by atomic mass is 79.9. The summed E-state index contributed by atoms with van der Waals surface area (Å²) in [6, 6.07) is 0. The average molecular weight is 385 g/mol. The van der Waals surface area contributed by atoms with Gasteiger partial charge in [-0.3, -0.25) is 14.5 Å². The van der Waals surface area contributed by atoms with Crippen molar-refractivity contribution in [2.75, 3.05) is 20.6 Å². The molecule has 0 saturated carbocycles. The van der Waals surface area contributed by atoms with Gasteiger partial charge in [0.2, 0.25) is 5.91 Å². The van der Waals surface area contributed by atoms with Crippen molar-refractivity contribution in [3.63, 3.8) is 0 Å². The van der Waals surface area contributed by atoms with Gasteiger partial charge in [0.25, 0.3) is 0 Å². The van der Waals surface area contributed by atoms with Crippen LogP contribution in [-0.2, 0) is 17.9 Å². The standard InChI is InChI=1S/C16H25BrN4O2/c1-10(2)7-11(15(23)18-3)8-13(22)14-12-9-20(4)5-6-21(12)16(17)19-14/h10-11H,5-9H2,1-4H3,(H,18,23)/t11-/m1/s1. The van der Waals surface area contributed by atoms with Crippen molar-refractivity contribution in [2.45, 2.75) is 39.8 Å². The summed E-state index contributed by atoms with van der Waals surface area (Å²) in [6.07, 6.45) is 0.903. The average Bonchev–Trinajstić information content (AvgIpc) is 2.81. The Kier molecular flexibility index (Phi) is 5.97. The summed E-state index contributed by atoms with van der Waals surface area (Å²) >= 11 is 3.44. The highest BCUT2D eigenvalue weighted by Crippen LogP contribution is 2.25. The molecule has 1 N–H and O–H groups in total. The molecule has 128 valence electrons. The molecule has 1 amide bonds. The van der Waals surface area contributed by atoms with Gasteiger partial charge in [-0.15, -0.1) is 0 Å². The quantitative estimate of drug-likeness (QED) is 0.762. The van der Waals surface area contributed by atoms with Crippen LogP contribution in [0.25, 0.3) is 0 Å². The lowest BCUT2D eigenvalue weighted by atomic mass is 9.90. The smallest absolute Gasteiger partial charge is 0.223 e. The van der Waals surface area contributed by atoms with Crippen LogP contribution in [0.15, 0.2) is 4.73 Å². The number of hydrogen-bond donors (Lipinski definition) is 1. The largest absolute Gasteiger partial charge is 0.359 e.